The van der Waals surface area contributed by atoms with Crippen molar-refractivity contribution in [1.29, 1.82) is 5.26 Å². The molecule has 30 heavy (non-hydrogen) atoms. The van der Waals surface area contributed by atoms with E-state index in [2.05, 4.69) is 18.7 Å². The topological polar surface area (TPSA) is 64.3 Å². The number of unbranched alkanes of at least 4 members (excludes halogenated alkanes) is 2. The fourth-order valence-corrected chi connectivity index (χ4v) is 3.76. The van der Waals surface area contributed by atoms with Gasteiger partial charge in [0.15, 0.2) is 0 Å². The quantitative estimate of drug-likeness (QED) is 0.331. The van der Waals surface area contributed by atoms with Crippen LogP contribution in [0.15, 0.2) is 35.9 Å². The second-order valence-corrected chi connectivity index (χ2v) is 8.10. The average Bonchev–Trinajstić information content (AvgIpc) is 3.18. The van der Waals surface area contributed by atoms with Crippen LogP contribution >= 0.6 is 11.3 Å². The van der Waals surface area contributed by atoms with Crippen LogP contribution in [-0.2, 0) is 4.79 Å². The molecule has 0 aliphatic carbocycles. The second kappa shape index (κ2) is 11.9. The summed E-state index contributed by atoms with van der Waals surface area (Å²) in [5.41, 5.74) is 1.09. The molecule has 0 unspecified atom stereocenters. The van der Waals surface area contributed by atoms with Gasteiger partial charge >= 0.3 is 5.97 Å². The fourth-order valence-electron chi connectivity index (χ4n) is 2.91. The van der Waals surface area contributed by atoms with Crippen LogP contribution in [0.5, 0.6) is 0 Å². The van der Waals surface area contributed by atoms with E-state index in [0.717, 1.165) is 49.3 Å². The smallest absolute Gasteiger partial charge is 0.346 e. The number of rotatable bonds is 11. The highest BCUT2D eigenvalue weighted by atomic mass is 32.1. The number of carbonyl (C=O) groups is 1. The molecular formula is C24H27FN2O2S. The van der Waals surface area contributed by atoms with Crippen molar-refractivity contribution in [3.05, 3.63) is 57.0 Å². The Kier molecular flexibility index (Phi) is 9.30. The van der Waals surface area contributed by atoms with Crippen LogP contribution < -0.4 is 4.90 Å². The lowest BCUT2D eigenvalue weighted by Crippen LogP contribution is -2.25. The van der Waals surface area contributed by atoms with Gasteiger partial charge in [-0.1, -0.05) is 32.8 Å². The summed E-state index contributed by atoms with van der Waals surface area (Å²) in [6, 6.07) is 10.6. The third-order valence-corrected chi connectivity index (χ3v) is 5.62. The summed E-state index contributed by atoms with van der Waals surface area (Å²) in [5.74, 6) is -1.52. The molecule has 158 valence electrons. The Hall–Kier alpha value is -2.91. The van der Waals surface area contributed by atoms with Gasteiger partial charge in [-0.3, -0.25) is 0 Å². The predicted octanol–water partition coefficient (Wildman–Crippen LogP) is 6.46. The van der Waals surface area contributed by atoms with Gasteiger partial charge in [0.2, 0.25) is 0 Å². The van der Waals surface area contributed by atoms with E-state index >= 15 is 0 Å². The number of anilines is 1. The first kappa shape index (κ1) is 23.4. The first-order valence-corrected chi connectivity index (χ1v) is 11.0. The number of hydrogen-bond acceptors (Lipinski definition) is 4. The zero-order chi connectivity index (χ0) is 21.9. The molecule has 1 N–H and O–H groups in total. The predicted molar refractivity (Wildman–Crippen MR) is 123 cm³/mol. The monoisotopic (exact) mass is 426 g/mol. The zero-order valence-corrected chi connectivity index (χ0v) is 18.2. The molecule has 0 fully saturated rings. The minimum atomic E-state index is -1.25. The minimum absolute atomic E-state index is 0.268. The van der Waals surface area contributed by atoms with Gasteiger partial charge in [0.05, 0.1) is 0 Å². The molecule has 2 rings (SSSR count). The van der Waals surface area contributed by atoms with E-state index in [4.69, 9.17) is 10.4 Å². The van der Waals surface area contributed by atoms with E-state index in [-0.39, 0.29) is 11.4 Å². The van der Waals surface area contributed by atoms with Gasteiger partial charge in [-0.05, 0) is 55.3 Å². The van der Waals surface area contributed by atoms with Crippen LogP contribution in [0.2, 0.25) is 0 Å². The van der Waals surface area contributed by atoms with Crippen molar-refractivity contribution in [2.75, 3.05) is 18.0 Å². The first-order valence-electron chi connectivity index (χ1n) is 10.2. The molecule has 1 heterocycles. The molecule has 0 spiro atoms. The third kappa shape index (κ3) is 6.85. The number of carboxylic acids is 1. The van der Waals surface area contributed by atoms with E-state index < -0.39 is 5.97 Å². The highest BCUT2D eigenvalue weighted by Crippen LogP contribution is 2.24. The molecule has 0 aliphatic rings. The molecule has 0 saturated carbocycles. The number of halogens is 1. The van der Waals surface area contributed by atoms with Crippen molar-refractivity contribution in [3.63, 3.8) is 0 Å². The molecule has 0 atom stereocenters. The molecule has 0 bridgehead atoms. The minimum Gasteiger partial charge on any atom is -0.477 e. The molecule has 1 aromatic heterocycles. The van der Waals surface area contributed by atoms with E-state index in [1.165, 1.54) is 17.4 Å². The number of nitriles is 1. The maximum Gasteiger partial charge on any atom is 0.346 e. The van der Waals surface area contributed by atoms with Crippen molar-refractivity contribution in [2.45, 2.75) is 39.5 Å². The summed E-state index contributed by atoms with van der Waals surface area (Å²) in [4.78, 5) is 14.7. The Bertz CT molecular complexity index is 948. The molecule has 0 saturated heterocycles. The Morgan fingerprint density at radius 1 is 1.13 bits per heavy atom. The van der Waals surface area contributed by atoms with Gasteiger partial charge in [-0.25, -0.2) is 9.18 Å². The van der Waals surface area contributed by atoms with Crippen LogP contribution in [0, 0.1) is 17.1 Å². The first-order chi connectivity index (χ1) is 14.5. The maximum absolute atomic E-state index is 14.7. The number of aliphatic carboxylic acids is 1. The van der Waals surface area contributed by atoms with E-state index in [0.29, 0.717) is 10.4 Å². The van der Waals surface area contributed by atoms with Gasteiger partial charge < -0.3 is 10.0 Å². The molecule has 2 aromatic rings. The van der Waals surface area contributed by atoms with Gasteiger partial charge in [0.25, 0.3) is 0 Å². The Labute approximate surface area is 181 Å². The van der Waals surface area contributed by atoms with Crippen molar-refractivity contribution < 1.29 is 14.3 Å². The summed E-state index contributed by atoms with van der Waals surface area (Å²) in [7, 11) is 0. The number of carboxylic acid groups (broad SMARTS) is 1. The second-order valence-electron chi connectivity index (χ2n) is 6.95. The molecule has 4 nitrogen and oxygen atoms in total. The lowest BCUT2D eigenvalue weighted by atomic mass is 10.1. The van der Waals surface area contributed by atoms with Crippen LogP contribution in [0.1, 0.15) is 54.8 Å². The Balaban J connectivity index is 2.15. The van der Waals surface area contributed by atoms with Crippen molar-refractivity contribution in [2.24, 2.45) is 0 Å². The lowest BCUT2D eigenvalue weighted by molar-refractivity contribution is -0.132. The summed E-state index contributed by atoms with van der Waals surface area (Å²) in [6.45, 7) is 6.16. The normalized spacial score (nSPS) is 11.6. The fraction of sp³-hybridized carbons (Fsp3) is 0.333. The van der Waals surface area contributed by atoms with Crippen molar-refractivity contribution in [1.82, 2.24) is 0 Å². The van der Waals surface area contributed by atoms with Gasteiger partial charge in [0.1, 0.15) is 17.5 Å². The van der Waals surface area contributed by atoms with Crippen LogP contribution in [-0.4, -0.2) is 24.2 Å². The van der Waals surface area contributed by atoms with Gasteiger partial charge in [-0.2, -0.15) is 5.26 Å². The molecule has 1 aromatic carbocycles. The van der Waals surface area contributed by atoms with Crippen LogP contribution in [0.3, 0.4) is 0 Å². The SMILES string of the molecule is CCCCN(CCCC)c1ccc(/C=C/c2ccc(/C=C(\C#N)C(=O)O)s2)c(F)c1. The van der Waals surface area contributed by atoms with Crippen molar-refractivity contribution >= 4 is 41.2 Å². The highest BCUT2D eigenvalue weighted by molar-refractivity contribution is 7.13. The Morgan fingerprint density at radius 3 is 2.37 bits per heavy atom. The van der Waals surface area contributed by atoms with Crippen LogP contribution in [0.4, 0.5) is 10.1 Å². The Morgan fingerprint density at radius 2 is 1.80 bits per heavy atom. The summed E-state index contributed by atoms with van der Waals surface area (Å²) < 4.78 is 14.7. The molecule has 0 aliphatic heterocycles. The third-order valence-electron chi connectivity index (χ3n) is 4.62. The average molecular weight is 427 g/mol. The number of benzene rings is 1. The standard InChI is InChI=1S/C24H27FN2O2S/c1-3-5-13-27(14-6-4-2)20-9-7-18(23(25)16-20)8-10-21-11-12-22(30-21)15-19(17-26)24(28)29/h7-12,15-16H,3-6,13-14H2,1-2H3,(H,28,29)/b10-8+,19-15+. The van der Waals surface area contributed by atoms with E-state index in [1.807, 2.05) is 12.1 Å². The van der Waals surface area contributed by atoms with Crippen LogP contribution in [0.25, 0.3) is 18.2 Å². The zero-order valence-electron chi connectivity index (χ0n) is 17.4. The number of hydrogen-bond donors (Lipinski definition) is 1. The highest BCUT2D eigenvalue weighted by Gasteiger charge is 2.09. The molecule has 6 heteroatoms. The molecular weight excluding hydrogens is 399 g/mol. The van der Waals surface area contributed by atoms with Gasteiger partial charge in [0, 0.05) is 34.1 Å². The summed E-state index contributed by atoms with van der Waals surface area (Å²) in [6.07, 6.45) is 9.20. The largest absolute Gasteiger partial charge is 0.477 e. The number of thiophene rings is 1. The molecule has 0 amide bonds. The van der Waals surface area contributed by atoms with E-state index in [1.54, 1.807) is 36.4 Å². The molecule has 0 radical (unpaired) electrons. The van der Waals surface area contributed by atoms with Crippen molar-refractivity contribution in [3.8, 4) is 6.07 Å². The lowest BCUT2D eigenvalue weighted by Gasteiger charge is -2.25. The summed E-state index contributed by atoms with van der Waals surface area (Å²) in [5, 5.41) is 17.8. The maximum atomic E-state index is 14.7. The summed E-state index contributed by atoms with van der Waals surface area (Å²) >= 11 is 1.34. The van der Waals surface area contributed by atoms with Gasteiger partial charge in [-0.15, -0.1) is 11.3 Å². The number of nitrogens with zero attached hydrogens (tertiary/aromatic N) is 2. The van der Waals surface area contributed by atoms with E-state index in [9.17, 15) is 9.18 Å².